The highest BCUT2D eigenvalue weighted by atomic mass is 35.5. The van der Waals surface area contributed by atoms with E-state index in [1.165, 1.54) is 0 Å². The van der Waals surface area contributed by atoms with Crippen molar-refractivity contribution in [3.8, 4) is 0 Å². The molecule has 4 nitrogen and oxygen atoms in total. The lowest BCUT2D eigenvalue weighted by Gasteiger charge is -2.36. The fourth-order valence-corrected chi connectivity index (χ4v) is 4.17. The van der Waals surface area contributed by atoms with Gasteiger partial charge in [0.15, 0.2) is 0 Å². The molecule has 0 heterocycles. The average molecular weight is 413 g/mol. The van der Waals surface area contributed by atoms with Crippen molar-refractivity contribution in [2.75, 3.05) is 5.32 Å². The van der Waals surface area contributed by atoms with Gasteiger partial charge in [-0.3, -0.25) is 9.59 Å². The molecule has 3 rings (SSSR count). The molecule has 5 heteroatoms. The van der Waals surface area contributed by atoms with Crippen LogP contribution in [0.15, 0.2) is 48.5 Å². The number of amides is 2. The number of nitrogens with one attached hydrogen (secondary N) is 2. The minimum absolute atomic E-state index is 0.00982. The van der Waals surface area contributed by atoms with Gasteiger partial charge < -0.3 is 10.6 Å². The summed E-state index contributed by atoms with van der Waals surface area (Å²) in [5.41, 5.74) is 2.25. The Morgan fingerprint density at radius 1 is 1.03 bits per heavy atom. The molecule has 1 fully saturated rings. The number of halogens is 1. The van der Waals surface area contributed by atoms with Crippen molar-refractivity contribution in [1.29, 1.82) is 0 Å². The van der Waals surface area contributed by atoms with Gasteiger partial charge >= 0.3 is 0 Å². The zero-order valence-electron chi connectivity index (χ0n) is 17.1. The molecule has 0 unspecified atom stereocenters. The number of hydrogen-bond donors (Lipinski definition) is 2. The van der Waals surface area contributed by atoms with Crippen LogP contribution in [0.3, 0.4) is 0 Å². The Bertz CT molecular complexity index is 855. The van der Waals surface area contributed by atoms with E-state index in [0.717, 1.165) is 48.9 Å². The molecule has 0 aromatic heterocycles. The SMILES string of the molecule is CC(C)C(=O)Nc1ccc(C2(C(=O)NCc3cccc(Cl)c3)CCCCC2)cc1. The fraction of sp³-hybridized carbons (Fsp3) is 0.417. The van der Waals surface area contributed by atoms with Crippen molar-refractivity contribution >= 4 is 29.1 Å². The Morgan fingerprint density at radius 2 is 1.72 bits per heavy atom. The van der Waals surface area contributed by atoms with Crippen LogP contribution in [-0.4, -0.2) is 11.8 Å². The first-order valence-electron chi connectivity index (χ1n) is 10.3. The quantitative estimate of drug-likeness (QED) is 0.662. The summed E-state index contributed by atoms with van der Waals surface area (Å²) < 4.78 is 0. The standard InChI is InChI=1S/C24H29ClN2O2/c1-17(2)22(28)27-21-11-9-19(10-12-21)24(13-4-3-5-14-24)23(29)26-16-18-7-6-8-20(25)15-18/h6-12,15,17H,3-5,13-14,16H2,1-2H3,(H,26,29)(H,27,28). The molecule has 0 spiro atoms. The van der Waals surface area contributed by atoms with Crippen molar-refractivity contribution in [1.82, 2.24) is 5.32 Å². The second-order valence-corrected chi connectivity index (χ2v) is 8.61. The Hall–Kier alpha value is -2.33. The van der Waals surface area contributed by atoms with Crippen molar-refractivity contribution in [3.63, 3.8) is 0 Å². The van der Waals surface area contributed by atoms with Crippen LogP contribution in [0.5, 0.6) is 0 Å². The van der Waals surface area contributed by atoms with Crippen molar-refractivity contribution in [2.45, 2.75) is 57.9 Å². The Labute approximate surface area is 178 Å². The summed E-state index contributed by atoms with van der Waals surface area (Å²) in [6.45, 7) is 4.19. The summed E-state index contributed by atoms with van der Waals surface area (Å²) in [5.74, 6) is -0.0165. The summed E-state index contributed by atoms with van der Waals surface area (Å²) in [7, 11) is 0. The third kappa shape index (κ3) is 5.18. The van der Waals surface area contributed by atoms with Crippen molar-refractivity contribution in [2.24, 2.45) is 5.92 Å². The number of carbonyl (C=O) groups excluding carboxylic acids is 2. The zero-order valence-corrected chi connectivity index (χ0v) is 17.9. The first-order valence-corrected chi connectivity index (χ1v) is 10.7. The highest BCUT2D eigenvalue weighted by Crippen LogP contribution is 2.40. The molecule has 1 saturated carbocycles. The lowest BCUT2D eigenvalue weighted by Crippen LogP contribution is -2.45. The topological polar surface area (TPSA) is 58.2 Å². The maximum absolute atomic E-state index is 13.3. The molecule has 154 valence electrons. The van der Waals surface area contributed by atoms with E-state index in [-0.39, 0.29) is 17.7 Å². The fourth-order valence-electron chi connectivity index (χ4n) is 3.96. The molecule has 2 aromatic carbocycles. The molecular weight excluding hydrogens is 384 g/mol. The lowest BCUT2D eigenvalue weighted by molar-refractivity contribution is -0.128. The van der Waals surface area contributed by atoms with E-state index in [1.807, 2.05) is 62.4 Å². The van der Waals surface area contributed by atoms with Gasteiger partial charge in [-0.25, -0.2) is 0 Å². The summed E-state index contributed by atoms with van der Waals surface area (Å²) in [4.78, 5) is 25.2. The predicted molar refractivity (Wildman–Crippen MR) is 118 cm³/mol. The van der Waals surface area contributed by atoms with Gasteiger partial charge in [0.05, 0.1) is 5.41 Å². The van der Waals surface area contributed by atoms with Gasteiger partial charge in [0.25, 0.3) is 0 Å². The van der Waals surface area contributed by atoms with Crippen LogP contribution in [0.1, 0.15) is 57.1 Å². The van der Waals surface area contributed by atoms with Crippen LogP contribution in [0.25, 0.3) is 0 Å². The maximum atomic E-state index is 13.3. The van der Waals surface area contributed by atoms with Crippen LogP contribution < -0.4 is 10.6 Å². The smallest absolute Gasteiger partial charge is 0.230 e. The van der Waals surface area contributed by atoms with Gasteiger partial charge in [-0.15, -0.1) is 0 Å². The zero-order chi connectivity index (χ0) is 20.9. The van der Waals surface area contributed by atoms with E-state index in [0.29, 0.717) is 11.6 Å². The normalized spacial score (nSPS) is 15.7. The Kier molecular flexibility index (Phi) is 6.96. The van der Waals surface area contributed by atoms with Gasteiger partial charge in [0, 0.05) is 23.2 Å². The molecule has 0 atom stereocenters. The van der Waals surface area contributed by atoms with E-state index in [2.05, 4.69) is 10.6 Å². The molecule has 2 N–H and O–H groups in total. The van der Waals surface area contributed by atoms with Crippen LogP contribution in [0.2, 0.25) is 5.02 Å². The molecular formula is C24H29ClN2O2. The van der Waals surface area contributed by atoms with E-state index in [9.17, 15) is 9.59 Å². The summed E-state index contributed by atoms with van der Waals surface area (Å²) in [6, 6.07) is 15.3. The van der Waals surface area contributed by atoms with Crippen LogP contribution in [-0.2, 0) is 21.5 Å². The van der Waals surface area contributed by atoms with E-state index >= 15 is 0 Å². The van der Waals surface area contributed by atoms with Crippen LogP contribution >= 0.6 is 11.6 Å². The van der Waals surface area contributed by atoms with Crippen molar-refractivity contribution in [3.05, 3.63) is 64.7 Å². The second-order valence-electron chi connectivity index (χ2n) is 8.18. The molecule has 29 heavy (non-hydrogen) atoms. The lowest BCUT2D eigenvalue weighted by atomic mass is 9.68. The second kappa shape index (κ2) is 9.45. The molecule has 0 saturated heterocycles. The predicted octanol–water partition coefficient (Wildman–Crippen LogP) is 5.45. The molecule has 1 aliphatic carbocycles. The van der Waals surface area contributed by atoms with Crippen LogP contribution in [0.4, 0.5) is 5.69 Å². The molecule has 0 radical (unpaired) electrons. The summed E-state index contributed by atoms with van der Waals surface area (Å²) in [5, 5.41) is 6.71. The van der Waals surface area contributed by atoms with E-state index in [1.54, 1.807) is 0 Å². The minimum Gasteiger partial charge on any atom is -0.351 e. The third-order valence-electron chi connectivity index (χ3n) is 5.71. The first kappa shape index (κ1) is 21.4. The highest BCUT2D eigenvalue weighted by Gasteiger charge is 2.40. The first-order chi connectivity index (χ1) is 13.9. The van der Waals surface area contributed by atoms with E-state index in [4.69, 9.17) is 11.6 Å². The monoisotopic (exact) mass is 412 g/mol. The van der Waals surface area contributed by atoms with Crippen LogP contribution in [0, 0.1) is 5.92 Å². The average Bonchev–Trinajstić information content (AvgIpc) is 2.73. The number of hydrogen-bond acceptors (Lipinski definition) is 2. The Balaban J connectivity index is 1.77. The summed E-state index contributed by atoms with van der Waals surface area (Å²) in [6.07, 6.45) is 4.91. The third-order valence-corrected chi connectivity index (χ3v) is 5.95. The van der Waals surface area contributed by atoms with E-state index < -0.39 is 5.41 Å². The Morgan fingerprint density at radius 3 is 2.34 bits per heavy atom. The van der Waals surface area contributed by atoms with Gasteiger partial charge in [-0.1, -0.05) is 69.0 Å². The maximum Gasteiger partial charge on any atom is 0.230 e. The number of carbonyl (C=O) groups is 2. The molecule has 0 aliphatic heterocycles. The molecule has 2 aromatic rings. The minimum atomic E-state index is -0.516. The molecule has 0 bridgehead atoms. The van der Waals surface area contributed by atoms with Gasteiger partial charge in [-0.05, 0) is 48.2 Å². The molecule has 2 amide bonds. The van der Waals surface area contributed by atoms with Gasteiger partial charge in [0.2, 0.25) is 11.8 Å². The number of rotatable bonds is 6. The largest absolute Gasteiger partial charge is 0.351 e. The van der Waals surface area contributed by atoms with Gasteiger partial charge in [0.1, 0.15) is 0 Å². The van der Waals surface area contributed by atoms with Crippen molar-refractivity contribution < 1.29 is 9.59 Å². The summed E-state index contributed by atoms with van der Waals surface area (Å²) >= 11 is 6.06. The number of anilines is 1. The number of benzene rings is 2. The molecule has 1 aliphatic rings. The highest BCUT2D eigenvalue weighted by molar-refractivity contribution is 6.30. The van der Waals surface area contributed by atoms with Gasteiger partial charge in [-0.2, -0.15) is 0 Å².